The average molecular weight is 261 g/mol. The molecule has 5 nitrogen and oxygen atoms in total. The molecule has 0 unspecified atom stereocenters. The van der Waals surface area contributed by atoms with Crippen molar-refractivity contribution in [2.24, 2.45) is 0 Å². The number of anilines is 2. The summed E-state index contributed by atoms with van der Waals surface area (Å²) in [5.41, 5.74) is 1.57. The molecule has 0 atom stereocenters. The molecule has 0 spiro atoms. The molecule has 102 valence electrons. The van der Waals surface area contributed by atoms with Crippen LogP contribution in [-0.4, -0.2) is 24.9 Å². The van der Waals surface area contributed by atoms with Gasteiger partial charge < -0.3 is 16.0 Å². The monoisotopic (exact) mass is 261 g/mol. The third kappa shape index (κ3) is 5.72. The minimum absolute atomic E-state index is 0.0236. The second-order valence-corrected chi connectivity index (χ2v) is 3.93. The van der Waals surface area contributed by atoms with Gasteiger partial charge >= 0.3 is 0 Å². The largest absolute Gasteiger partial charge is 0.376 e. The Morgan fingerprint density at radius 3 is 2.37 bits per heavy atom. The molecule has 1 rings (SSSR count). The Labute approximate surface area is 113 Å². The van der Waals surface area contributed by atoms with Gasteiger partial charge in [0.05, 0.1) is 6.54 Å². The first-order valence-corrected chi connectivity index (χ1v) is 6.17. The molecule has 0 radical (unpaired) electrons. The molecule has 19 heavy (non-hydrogen) atoms. The highest BCUT2D eigenvalue weighted by molar-refractivity contribution is 5.90. The first-order valence-electron chi connectivity index (χ1n) is 6.17. The van der Waals surface area contributed by atoms with Crippen LogP contribution in [0.15, 0.2) is 36.9 Å². The lowest BCUT2D eigenvalue weighted by Crippen LogP contribution is -2.29. The Morgan fingerprint density at radius 2 is 1.79 bits per heavy atom. The number of nitrogens with one attached hydrogen (secondary N) is 3. The summed E-state index contributed by atoms with van der Waals surface area (Å²) < 4.78 is 0. The van der Waals surface area contributed by atoms with Gasteiger partial charge in [-0.05, 0) is 24.3 Å². The van der Waals surface area contributed by atoms with Crippen LogP contribution in [0, 0.1) is 0 Å². The minimum Gasteiger partial charge on any atom is -0.376 e. The molecule has 5 heteroatoms. The fourth-order valence-corrected chi connectivity index (χ4v) is 1.35. The van der Waals surface area contributed by atoms with E-state index in [4.69, 9.17) is 0 Å². The number of rotatable bonds is 7. The van der Waals surface area contributed by atoms with Crippen molar-refractivity contribution in [1.82, 2.24) is 5.32 Å². The molecule has 0 bridgehead atoms. The van der Waals surface area contributed by atoms with Crippen molar-refractivity contribution < 1.29 is 9.59 Å². The second kappa shape index (κ2) is 7.92. The van der Waals surface area contributed by atoms with E-state index < -0.39 is 0 Å². The highest BCUT2D eigenvalue weighted by atomic mass is 16.2. The summed E-state index contributed by atoms with van der Waals surface area (Å²) in [5.74, 6) is -0.118. The maximum Gasteiger partial charge on any atom is 0.239 e. The van der Waals surface area contributed by atoms with Crippen molar-refractivity contribution in [2.75, 3.05) is 23.7 Å². The summed E-state index contributed by atoms with van der Waals surface area (Å²) in [6.45, 7) is 5.98. The minimum atomic E-state index is -0.0942. The predicted octanol–water partition coefficient (Wildman–Crippen LogP) is 1.75. The zero-order valence-corrected chi connectivity index (χ0v) is 11.0. The van der Waals surface area contributed by atoms with Gasteiger partial charge in [0.1, 0.15) is 0 Å². The van der Waals surface area contributed by atoms with E-state index in [2.05, 4.69) is 22.5 Å². The summed E-state index contributed by atoms with van der Waals surface area (Å²) in [4.78, 5) is 22.5. The van der Waals surface area contributed by atoms with Crippen LogP contribution in [-0.2, 0) is 9.59 Å². The average Bonchev–Trinajstić information content (AvgIpc) is 2.44. The zero-order chi connectivity index (χ0) is 14.1. The van der Waals surface area contributed by atoms with E-state index in [1.165, 1.54) is 0 Å². The molecule has 0 saturated carbocycles. The number of hydrogen-bond donors (Lipinski definition) is 3. The Morgan fingerprint density at radius 1 is 1.16 bits per heavy atom. The Balaban J connectivity index is 2.41. The van der Waals surface area contributed by atoms with E-state index in [1.807, 2.05) is 12.1 Å². The summed E-state index contributed by atoms with van der Waals surface area (Å²) >= 11 is 0. The lowest BCUT2D eigenvalue weighted by atomic mass is 10.2. The van der Waals surface area contributed by atoms with E-state index in [0.29, 0.717) is 13.0 Å². The van der Waals surface area contributed by atoms with Crippen molar-refractivity contribution in [3.8, 4) is 0 Å². The molecular formula is C14H19N3O2. The second-order valence-electron chi connectivity index (χ2n) is 3.93. The number of carbonyl (C=O) groups excluding carboxylic acids is 2. The molecule has 2 amide bonds. The molecule has 0 aliphatic carbocycles. The van der Waals surface area contributed by atoms with Gasteiger partial charge in [-0.1, -0.05) is 13.0 Å². The van der Waals surface area contributed by atoms with Crippen LogP contribution in [0.4, 0.5) is 11.4 Å². The van der Waals surface area contributed by atoms with Gasteiger partial charge in [0, 0.05) is 24.3 Å². The molecular weight excluding hydrogens is 242 g/mol. The molecule has 1 aromatic carbocycles. The third-order valence-electron chi connectivity index (χ3n) is 2.39. The van der Waals surface area contributed by atoms with Gasteiger partial charge in [-0.3, -0.25) is 9.59 Å². The smallest absolute Gasteiger partial charge is 0.239 e. The van der Waals surface area contributed by atoms with Crippen LogP contribution in [0.2, 0.25) is 0 Å². The Hall–Kier alpha value is -2.30. The highest BCUT2D eigenvalue weighted by Crippen LogP contribution is 2.13. The van der Waals surface area contributed by atoms with Crippen molar-refractivity contribution in [3.63, 3.8) is 0 Å². The molecule has 3 N–H and O–H groups in total. The fraction of sp³-hybridized carbons (Fsp3) is 0.286. The SMILES string of the molecule is C=CCNC(=O)CNc1ccc(NC(=O)CC)cc1. The molecule has 0 heterocycles. The summed E-state index contributed by atoms with van der Waals surface area (Å²) in [5, 5.41) is 8.41. The van der Waals surface area contributed by atoms with Crippen LogP contribution in [0.1, 0.15) is 13.3 Å². The van der Waals surface area contributed by atoms with E-state index >= 15 is 0 Å². The summed E-state index contributed by atoms with van der Waals surface area (Å²) in [7, 11) is 0. The van der Waals surface area contributed by atoms with Gasteiger partial charge in [0.2, 0.25) is 11.8 Å². The third-order valence-corrected chi connectivity index (χ3v) is 2.39. The number of hydrogen-bond acceptors (Lipinski definition) is 3. The van der Waals surface area contributed by atoms with Gasteiger partial charge in [-0.15, -0.1) is 6.58 Å². The Kier molecular flexibility index (Phi) is 6.15. The van der Waals surface area contributed by atoms with Gasteiger partial charge in [-0.25, -0.2) is 0 Å². The maximum absolute atomic E-state index is 11.3. The summed E-state index contributed by atoms with van der Waals surface area (Å²) in [6, 6.07) is 7.20. The lowest BCUT2D eigenvalue weighted by Gasteiger charge is -2.08. The van der Waals surface area contributed by atoms with E-state index in [1.54, 1.807) is 25.1 Å². The molecule has 0 saturated heterocycles. The van der Waals surface area contributed by atoms with Crippen LogP contribution < -0.4 is 16.0 Å². The molecule has 0 fully saturated rings. The van der Waals surface area contributed by atoms with Crippen molar-refractivity contribution in [1.29, 1.82) is 0 Å². The standard InChI is InChI=1S/C14H19N3O2/c1-3-9-15-14(19)10-16-11-5-7-12(8-6-11)17-13(18)4-2/h3,5-8,16H,1,4,9-10H2,2H3,(H,15,19)(H,17,18). The predicted molar refractivity (Wildman–Crippen MR) is 77.1 cm³/mol. The van der Waals surface area contributed by atoms with E-state index in [9.17, 15) is 9.59 Å². The molecule has 0 aliphatic heterocycles. The zero-order valence-electron chi connectivity index (χ0n) is 11.0. The first kappa shape index (κ1) is 14.8. The van der Waals surface area contributed by atoms with Crippen molar-refractivity contribution in [2.45, 2.75) is 13.3 Å². The van der Waals surface area contributed by atoms with Crippen molar-refractivity contribution >= 4 is 23.2 Å². The normalized spacial score (nSPS) is 9.53. The van der Waals surface area contributed by atoms with Gasteiger partial charge in [0.15, 0.2) is 0 Å². The van der Waals surface area contributed by atoms with Crippen LogP contribution in [0.25, 0.3) is 0 Å². The molecule has 1 aromatic rings. The van der Waals surface area contributed by atoms with Crippen LogP contribution >= 0.6 is 0 Å². The van der Waals surface area contributed by atoms with Gasteiger partial charge in [0.25, 0.3) is 0 Å². The molecule has 0 aromatic heterocycles. The highest BCUT2D eigenvalue weighted by Gasteiger charge is 2.01. The summed E-state index contributed by atoms with van der Waals surface area (Å²) in [6.07, 6.45) is 2.08. The lowest BCUT2D eigenvalue weighted by molar-refractivity contribution is -0.119. The van der Waals surface area contributed by atoms with E-state index in [-0.39, 0.29) is 18.4 Å². The van der Waals surface area contributed by atoms with Crippen LogP contribution in [0.3, 0.4) is 0 Å². The topological polar surface area (TPSA) is 70.2 Å². The van der Waals surface area contributed by atoms with Crippen LogP contribution in [0.5, 0.6) is 0 Å². The first-order chi connectivity index (χ1) is 9.15. The number of carbonyl (C=O) groups is 2. The Bertz CT molecular complexity index is 441. The number of benzene rings is 1. The quantitative estimate of drug-likeness (QED) is 0.655. The van der Waals surface area contributed by atoms with Crippen molar-refractivity contribution in [3.05, 3.63) is 36.9 Å². The van der Waals surface area contributed by atoms with E-state index in [0.717, 1.165) is 11.4 Å². The van der Waals surface area contributed by atoms with Gasteiger partial charge in [-0.2, -0.15) is 0 Å². The molecule has 0 aliphatic rings. The fourth-order valence-electron chi connectivity index (χ4n) is 1.35. The number of amides is 2. The maximum atomic E-state index is 11.3.